The fraction of sp³-hybridized carbons (Fsp3) is 0.357. The molecular formula is C14H15NO5. The molecule has 106 valence electrons. The van der Waals surface area contributed by atoms with Crippen molar-refractivity contribution >= 4 is 23.5 Å². The van der Waals surface area contributed by atoms with Gasteiger partial charge in [-0.15, -0.1) is 0 Å². The van der Waals surface area contributed by atoms with Gasteiger partial charge in [0.05, 0.1) is 7.11 Å². The third-order valence-electron chi connectivity index (χ3n) is 3.09. The van der Waals surface area contributed by atoms with E-state index in [1.165, 1.54) is 7.11 Å². The minimum atomic E-state index is -0.636. The number of benzene rings is 1. The second-order valence-corrected chi connectivity index (χ2v) is 4.47. The highest BCUT2D eigenvalue weighted by molar-refractivity contribution is 6.01. The molecule has 20 heavy (non-hydrogen) atoms. The van der Waals surface area contributed by atoms with Crippen LogP contribution < -0.4 is 10.1 Å². The number of ketones is 1. The van der Waals surface area contributed by atoms with Crippen LogP contribution in [-0.2, 0) is 14.3 Å². The van der Waals surface area contributed by atoms with E-state index < -0.39 is 18.0 Å². The van der Waals surface area contributed by atoms with Crippen molar-refractivity contribution in [1.29, 1.82) is 0 Å². The molecule has 0 heterocycles. The topological polar surface area (TPSA) is 81.7 Å². The number of anilines is 1. The van der Waals surface area contributed by atoms with Crippen molar-refractivity contribution in [3.8, 4) is 5.75 Å². The van der Waals surface area contributed by atoms with E-state index in [-0.39, 0.29) is 5.78 Å². The molecule has 1 unspecified atom stereocenters. The average molecular weight is 277 g/mol. The number of ether oxygens (including phenoxy) is 2. The maximum absolute atomic E-state index is 11.8. The summed E-state index contributed by atoms with van der Waals surface area (Å²) in [4.78, 5) is 34.3. The van der Waals surface area contributed by atoms with E-state index >= 15 is 0 Å². The lowest BCUT2D eigenvalue weighted by Crippen LogP contribution is -2.23. The number of hydrogen-bond acceptors (Lipinski definition) is 5. The Balaban J connectivity index is 1.95. The second kappa shape index (κ2) is 6.18. The van der Waals surface area contributed by atoms with E-state index in [2.05, 4.69) is 10.1 Å². The molecule has 0 saturated heterocycles. The van der Waals surface area contributed by atoms with E-state index in [1.807, 2.05) is 0 Å². The minimum absolute atomic E-state index is 0.0565. The lowest BCUT2D eigenvalue weighted by Gasteiger charge is -2.09. The monoisotopic (exact) mass is 277 g/mol. The first-order valence-corrected chi connectivity index (χ1v) is 6.29. The van der Waals surface area contributed by atoms with Gasteiger partial charge in [0.15, 0.2) is 0 Å². The number of carbonyl (C=O) groups excluding carboxylic acids is 3. The van der Waals surface area contributed by atoms with Crippen LogP contribution in [0.5, 0.6) is 5.75 Å². The first-order valence-electron chi connectivity index (χ1n) is 6.29. The zero-order valence-electron chi connectivity index (χ0n) is 11.0. The van der Waals surface area contributed by atoms with Crippen LogP contribution in [0.2, 0.25) is 0 Å². The molecule has 0 aromatic heterocycles. The molecule has 0 bridgehead atoms. The summed E-state index contributed by atoms with van der Waals surface area (Å²) in [5, 5.41) is 2.48. The average Bonchev–Trinajstić information content (AvgIpc) is 2.87. The Hall–Kier alpha value is -2.37. The molecule has 1 aliphatic rings. The smallest absolute Gasteiger partial charge is 0.411 e. The van der Waals surface area contributed by atoms with Crippen LogP contribution in [0.25, 0.3) is 0 Å². The van der Waals surface area contributed by atoms with E-state index in [1.54, 1.807) is 24.3 Å². The summed E-state index contributed by atoms with van der Waals surface area (Å²) in [5.74, 6) is -0.867. The molecule has 1 amide bonds. The summed E-state index contributed by atoms with van der Waals surface area (Å²) in [6.45, 7) is 0. The Bertz CT molecular complexity index is 523. The Morgan fingerprint density at radius 1 is 1.25 bits per heavy atom. The van der Waals surface area contributed by atoms with Crippen LogP contribution in [0.15, 0.2) is 24.3 Å². The number of rotatable bonds is 3. The molecule has 1 aromatic rings. The Kier molecular flexibility index (Phi) is 4.34. The van der Waals surface area contributed by atoms with Crippen LogP contribution in [0.3, 0.4) is 0 Å². The van der Waals surface area contributed by atoms with Crippen LogP contribution in [0.4, 0.5) is 10.5 Å². The van der Waals surface area contributed by atoms with Gasteiger partial charge in [-0.05, 0) is 37.1 Å². The molecule has 1 aromatic carbocycles. The summed E-state index contributed by atoms with van der Waals surface area (Å²) in [6, 6.07) is 6.25. The van der Waals surface area contributed by atoms with Gasteiger partial charge >= 0.3 is 12.1 Å². The predicted octanol–water partition coefficient (Wildman–Crippen LogP) is 2.14. The summed E-state index contributed by atoms with van der Waals surface area (Å²) in [6.07, 6.45) is 1.16. The molecule has 0 radical (unpaired) electrons. The van der Waals surface area contributed by atoms with Crippen LogP contribution >= 0.6 is 0 Å². The zero-order chi connectivity index (χ0) is 14.5. The number of amides is 1. The highest BCUT2D eigenvalue weighted by atomic mass is 16.5. The molecule has 1 N–H and O–H groups in total. The predicted molar refractivity (Wildman–Crippen MR) is 70.5 cm³/mol. The summed E-state index contributed by atoms with van der Waals surface area (Å²) < 4.78 is 9.61. The highest BCUT2D eigenvalue weighted by Crippen LogP contribution is 2.24. The van der Waals surface area contributed by atoms with Crippen LogP contribution in [0, 0.1) is 5.92 Å². The fourth-order valence-electron chi connectivity index (χ4n) is 2.03. The quantitative estimate of drug-likeness (QED) is 0.520. The standard InChI is InChI=1S/C14H15NO5/c1-19-14(18)15-9-5-7-10(8-6-9)20-13(17)11-3-2-4-12(11)16/h5-8,11H,2-4H2,1H3,(H,15,18). The first-order chi connectivity index (χ1) is 9.60. The lowest BCUT2D eigenvalue weighted by atomic mass is 10.1. The van der Waals surface area contributed by atoms with Crippen molar-refractivity contribution in [2.24, 2.45) is 5.92 Å². The Morgan fingerprint density at radius 3 is 2.50 bits per heavy atom. The zero-order valence-corrected chi connectivity index (χ0v) is 11.0. The van der Waals surface area contributed by atoms with Gasteiger partial charge in [-0.25, -0.2) is 4.79 Å². The number of esters is 1. The van der Waals surface area contributed by atoms with Gasteiger partial charge < -0.3 is 9.47 Å². The number of Topliss-reactive ketones (excluding diaryl/α,β-unsaturated/α-hetero) is 1. The van der Waals surface area contributed by atoms with E-state index in [0.29, 0.717) is 24.3 Å². The third kappa shape index (κ3) is 3.34. The maximum atomic E-state index is 11.8. The molecule has 6 heteroatoms. The Morgan fingerprint density at radius 2 is 1.95 bits per heavy atom. The SMILES string of the molecule is COC(=O)Nc1ccc(OC(=O)C2CCCC2=O)cc1. The number of carbonyl (C=O) groups is 3. The molecule has 0 spiro atoms. The maximum Gasteiger partial charge on any atom is 0.411 e. The van der Waals surface area contributed by atoms with Gasteiger partial charge in [-0.1, -0.05) is 0 Å². The minimum Gasteiger partial charge on any atom is -0.453 e. The van der Waals surface area contributed by atoms with E-state index in [4.69, 9.17) is 4.74 Å². The molecule has 6 nitrogen and oxygen atoms in total. The third-order valence-corrected chi connectivity index (χ3v) is 3.09. The van der Waals surface area contributed by atoms with Crippen molar-refractivity contribution in [1.82, 2.24) is 0 Å². The van der Waals surface area contributed by atoms with Gasteiger partial charge in [-0.3, -0.25) is 14.9 Å². The molecule has 1 atom stereocenters. The molecule has 1 saturated carbocycles. The van der Waals surface area contributed by atoms with Gasteiger partial charge in [-0.2, -0.15) is 0 Å². The van der Waals surface area contributed by atoms with Gasteiger partial charge in [0.2, 0.25) is 0 Å². The summed E-state index contributed by atoms with van der Waals surface area (Å²) >= 11 is 0. The van der Waals surface area contributed by atoms with E-state index in [9.17, 15) is 14.4 Å². The van der Waals surface area contributed by atoms with Crippen molar-refractivity contribution in [3.05, 3.63) is 24.3 Å². The van der Waals surface area contributed by atoms with Gasteiger partial charge in [0.1, 0.15) is 17.5 Å². The van der Waals surface area contributed by atoms with Crippen molar-refractivity contribution in [3.63, 3.8) is 0 Å². The van der Waals surface area contributed by atoms with Crippen molar-refractivity contribution < 1.29 is 23.9 Å². The second-order valence-electron chi connectivity index (χ2n) is 4.47. The molecular weight excluding hydrogens is 262 g/mol. The number of hydrogen-bond donors (Lipinski definition) is 1. The summed E-state index contributed by atoms with van der Waals surface area (Å²) in [5.41, 5.74) is 0.522. The van der Waals surface area contributed by atoms with Crippen molar-refractivity contribution in [2.75, 3.05) is 12.4 Å². The normalized spacial score (nSPS) is 17.6. The molecule has 1 aliphatic carbocycles. The molecule has 1 fully saturated rings. The summed E-state index contributed by atoms with van der Waals surface area (Å²) in [7, 11) is 1.27. The van der Waals surface area contributed by atoms with Crippen molar-refractivity contribution in [2.45, 2.75) is 19.3 Å². The number of methoxy groups -OCH3 is 1. The van der Waals surface area contributed by atoms with Crippen LogP contribution in [0.1, 0.15) is 19.3 Å². The molecule has 2 rings (SSSR count). The lowest BCUT2D eigenvalue weighted by molar-refractivity contribution is -0.142. The first kappa shape index (κ1) is 14.0. The van der Waals surface area contributed by atoms with Gasteiger partial charge in [0, 0.05) is 12.1 Å². The number of nitrogens with one attached hydrogen (secondary N) is 1. The van der Waals surface area contributed by atoms with Gasteiger partial charge in [0.25, 0.3) is 0 Å². The highest BCUT2D eigenvalue weighted by Gasteiger charge is 2.32. The molecule has 0 aliphatic heterocycles. The Labute approximate surface area is 116 Å². The van der Waals surface area contributed by atoms with Crippen LogP contribution in [-0.4, -0.2) is 25.0 Å². The largest absolute Gasteiger partial charge is 0.453 e. The van der Waals surface area contributed by atoms with E-state index in [0.717, 1.165) is 6.42 Å². The fourth-order valence-corrected chi connectivity index (χ4v) is 2.03.